The molecule has 0 fully saturated rings. The number of hydrogen-bond donors (Lipinski definition) is 3. The summed E-state index contributed by atoms with van der Waals surface area (Å²) in [7, 11) is 0. The highest BCUT2D eigenvalue weighted by Crippen LogP contribution is 2.42. The van der Waals surface area contributed by atoms with Crippen molar-refractivity contribution in [1.82, 2.24) is 5.32 Å². The fourth-order valence-electron chi connectivity index (χ4n) is 2.47. The average molecular weight is 342 g/mol. The first-order valence-electron chi connectivity index (χ1n) is 7.61. The van der Waals surface area contributed by atoms with Crippen molar-refractivity contribution in [3.63, 3.8) is 0 Å². The van der Waals surface area contributed by atoms with Crippen molar-refractivity contribution in [1.29, 1.82) is 0 Å². The molecule has 1 aliphatic heterocycles. The third-order valence-electron chi connectivity index (χ3n) is 3.96. The number of aliphatic hydroxyl groups excluding tert-OH is 1. The molecule has 6 heteroatoms. The molecule has 2 amide bonds. The van der Waals surface area contributed by atoms with Gasteiger partial charge in [-0.15, -0.1) is 0 Å². The van der Waals surface area contributed by atoms with E-state index in [0.29, 0.717) is 11.3 Å². The van der Waals surface area contributed by atoms with Crippen molar-refractivity contribution in [2.45, 2.75) is 22.7 Å². The molecule has 1 aliphatic rings. The zero-order valence-electron chi connectivity index (χ0n) is 13.2. The van der Waals surface area contributed by atoms with Crippen molar-refractivity contribution in [3.05, 3.63) is 60.2 Å². The number of para-hydroxylation sites is 1. The van der Waals surface area contributed by atoms with Crippen LogP contribution in [0.4, 0.5) is 5.69 Å². The highest BCUT2D eigenvalue weighted by molar-refractivity contribution is 8.02. The van der Waals surface area contributed by atoms with E-state index in [1.54, 1.807) is 25.1 Å². The fourth-order valence-corrected chi connectivity index (χ4v) is 3.59. The molecule has 3 N–H and O–H groups in total. The number of thioether (sulfide) groups is 1. The number of benzene rings is 2. The summed E-state index contributed by atoms with van der Waals surface area (Å²) in [4.78, 5) is 25.8. The van der Waals surface area contributed by atoms with Crippen LogP contribution >= 0.6 is 11.8 Å². The topological polar surface area (TPSA) is 78.4 Å². The van der Waals surface area contributed by atoms with Gasteiger partial charge in [0.25, 0.3) is 0 Å². The first-order valence-corrected chi connectivity index (χ1v) is 8.43. The van der Waals surface area contributed by atoms with E-state index in [-0.39, 0.29) is 12.5 Å². The van der Waals surface area contributed by atoms with Gasteiger partial charge in [0.05, 0.1) is 11.8 Å². The standard InChI is InChI=1S/C18H18N2O3S/c1-18(17(23)20-13-9-5-6-10-15(13)24-18)16(22)19-11-14(21)12-7-3-2-4-8-12/h2-10,14,21H,11H2,1H3,(H,19,22)(H,20,23). The van der Waals surface area contributed by atoms with Crippen LogP contribution in [0.25, 0.3) is 0 Å². The number of carbonyl (C=O) groups is 2. The normalized spacial score (nSPS) is 20.7. The number of carbonyl (C=O) groups excluding carboxylic acids is 2. The Balaban J connectivity index is 1.69. The van der Waals surface area contributed by atoms with Gasteiger partial charge in [-0.2, -0.15) is 0 Å². The van der Waals surface area contributed by atoms with Crippen molar-refractivity contribution in [3.8, 4) is 0 Å². The maximum Gasteiger partial charge on any atom is 0.250 e. The Labute approximate surface area is 144 Å². The van der Waals surface area contributed by atoms with E-state index in [1.165, 1.54) is 11.8 Å². The number of anilines is 1. The number of rotatable bonds is 4. The molecule has 0 radical (unpaired) electrons. The van der Waals surface area contributed by atoms with Crippen molar-refractivity contribution in [2.24, 2.45) is 0 Å². The van der Waals surface area contributed by atoms with E-state index in [9.17, 15) is 14.7 Å². The number of nitrogens with one attached hydrogen (secondary N) is 2. The zero-order valence-corrected chi connectivity index (χ0v) is 14.0. The molecular weight excluding hydrogens is 324 g/mol. The van der Waals surface area contributed by atoms with Crippen LogP contribution < -0.4 is 10.6 Å². The minimum Gasteiger partial charge on any atom is -0.387 e. The smallest absolute Gasteiger partial charge is 0.250 e. The van der Waals surface area contributed by atoms with Crippen LogP contribution in [0.5, 0.6) is 0 Å². The van der Waals surface area contributed by atoms with E-state index >= 15 is 0 Å². The Morgan fingerprint density at radius 3 is 2.62 bits per heavy atom. The summed E-state index contributed by atoms with van der Waals surface area (Å²) in [6, 6.07) is 16.4. The molecule has 24 heavy (non-hydrogen) atoms. The van der Waals surface area contributed by atoms with E-state index < -0.39 is 16.8 Å². The first-order chi connectivity index (χ1) is 11.5. The summed E-state index contributed by atoms with van der Waals surface area (Å²) >= 11 is 1.22. The average Bonchev–Trinajstić information content (AvgIpc) is 2.61. The second-order valence-electron chi connectivity index (χ2n) is 5.72. The molecule has 2 aromatic rings. The van der Waals surface area contributed by atoms with Crippen molar-refractivity contribution < 1.29 is 14.7 Å². The van der Waals surface area contributed by atoms with Crippen molar-refractivity contribution >= 4 is 29.3 Å². The minimum atomic E-state index is -1.27. The molecule has 5 nitrogen and oxygen atoms in total. The van der Waals surface area contributed by atoms with Gasteiger partial charge in [0.15, 0.2) is 4.75 Å². The molecule has 0 aromatic heterocycles. The Morgan fingerprint density at radius 2 is 1.88 bits per heavy atom. The van der Waals surface area contributed by atoms with Gasteiger partial charge in [-0.25, -0.2) is 0 Å². The molecule has 0 bridgehead atoms. The van der Waals surface area contributed by atoms with Crippen LogP contribution in [0, 0.1) is 0 Å². The summed E-state index contributed by atoms with van der Waals surface area (Å²) in [5.41, 5.74) is 1.43. The predicted octanol–water partition coefficient (Wildman–Crippen LogP) is 2.34. The Bertz CT molecular complexity index is 766. The van der Waals surface area contributed by atoms with Gasteiger partial charge in [-0.3, -0.25) is 9.59 Å². The molecule has 0 saturated carbocycles. The third kappa shape index (κ3) is 3.16. The second kappa shape index (κ2) is 6.67. The van der Waals surface area contributed by atoms with E-state index in [0.717, 1.165) is 4.90 Å². The maximum absolute atomic E-state index is 12.6. The largest absolute Gasteiger partial charge is 0.387 e. The van der Waals surface area contributed by atoms with Crippen molar-refractivity contribution in [2.75, 3.05) is 11.9 Å². The molecule has 2 aromatic carbocycles. The molecule has 0 saturated heterocycles. The maximum atomic E-state index is 12.6. The van der Waals surface area contributed by atoms with Gasteiger partial charge in [0, 0.05) is 11.4 Å². The van der Waals surface area contributed by atoms with Crippen LogP contribution in [0.2, 0.25) is 0 Å². The van der Waals surface area contributed by atoms with E-state index in [2.05, 4.69) is 10.6 Å². The van der Waals surface area contributed by atoms with E-state index in [1.807, 2.05) is 36.4 Å². The lowest BCUT2D eigenvalue weighted by Crippen LogP contribution is -2.52. The molecule has 2 atom stereocenters. The predicted molar refractivity (Wildman–Crippen MR) is 93.7 cm³/mol. The molecule has 2 unspecified atom stereocenters. The summed E-state index contributed by atoms with van der Waals surface area (Å²) in [6.45, 7) is 1.64. The molecule has 1 heterocycles. The van der Waals surface area contributed by atoms with Gasteiger partial charge in [-0.1, -0.05) is 54.2 Å². The lowest BCUT2D eigenvalue weighted by atomic mass is 10.1. The van der Waals surface area contributed by atoms with Gasteiger partial charge in [0.1, 0.15) is 0 Å². The monoisotopic (exact) mass is 342 g/mol. The van der Waals surface area contributed by atoms with Crippen LogP contribution in [0.15, 0.2) is 59.5 Å². The lowest BCUT2D eigenvalue weighted by Gasteiger charge is -2.32. The van der Waals surface area contributed by atoms with Crippen LogP contribution in [0.1, 0.15) is 18.6 Å². The summed E-state index contributed by atoms with van der Waals surface area (Å²) in [6.07, 6.45) is -0.817. The highest BCUT2D eigenvalue weighted by Gasteiger charge is 2.45. The fraction of sp³-hybridized carbons (Fsp3) is 0.222. The zero-order chi connectivity index (χ0) is 17.2. The van der Waals surface area contributed by atoms with Gasteiger partial charge in [0.2, 0.25) is 11.8 Å². The molecule has 0 aliphatic carbocycles. The van der Waals surface area contributed by atoms with Gasteiger partial charge in [-0.05, 0) is 24.6 Å². The van der Waals surface area contributed by atoms with Gasteiger partial charge < -0.3 is 15.7 Å². The number of fused-ring (bicyclic) bond motifs is 1. The number of amides is 2. The van der Waals surface area contributed by atoms with Gasteiger partial charge >= 0.3 is 0 Å². The first kappa shape index (κ1) is 16.5. The molecule has 0 spiro atoms. The minimum absolute atomic E-state index is 0.0495. The summed E-state index contributed by atoms with van der Waals surface area (Å²) in [5, 5.41) is 15.6. The quantitative estimate of drug-likeness (QED) is 0.745. The third-order valence-corrected chi connectivity index (χ3v) is 5.31. The molecular formula is C18H18N2O3S. The van der Waals surface area contributed by atoms with Crippen LogP contribution in [-0.4, -0.2) is 28.2 Å². The Morgan fingerprint density at radius 1 is 1.21 bits per heavy atom. The highest BCUT2D eigenvalue weighted by atomic mass is 32.2. The van der Waals surface area contributed by atoms with Crippen LogP contribution in [-0.2, 0) is 9.59 Å². The molecule has 124 valence electrons. The van der Waals surface area contributed by atoms with E-state index in [4.69, 9.17) is 0 Å². The lowest BCUT2D eigenvalue weighted by molar-refractivity contribution is -0.130. The summed E-state index contributed by atoms with van der Waals surface area (Å²) < 4.78 is -1.27. The molecule has 3 rings (SSSR count). The summed E-state index contributed by atoms with van der Waals surface area (Å²) in [5.74, 6) is -0.785. The number of hydrogen-bond acceptors (Lipinski definition) is 4. The number of aliphatic hydroxyl groups is 1. The van der Waals surface area contributed by atoms with Crippen LogP contribution in [0.3, 0.4) is 0 Å². The Kier molecular flexibility index (Phi) is 4.59. The SMILES string of the molecule is CC1(C(=O)NCC(O)c2ccccc2)Sc2ccccc2NC1=O. The Hall–Kier alpha value is -2.31. The second-order valence-corrected chi connectivity index (χ2v) is 7.18.